The van der Waals surface area contributed by atoms with Crippen molar-refractivity contribution >= 4 is 28.4 Å². The van der Waals surface area contributed by atoms with Crippen LogP contribution >= 0.6 is 11.6 Å². The van der Waals surface area contributed by atoms with Gasteiger partial charge in [0, 0.05) is 27.1 Å². The average Bonchev–Trinajstić information content (AvgIpc) is 3.12. The fourth-order valence-corrected chi connectivity index (χ4v) is 4.05. The number of ether oxygens (including phenoxy) is 1. The third kappa shape index (κ3) is 4.03. The Morgan fingerprint density at radius 3 is 2.75 bits per heavy atom. The molecule has 0 aromatic heterocycles. The molecule has 1 aliphatic carbocycles. The minimum Gasteiger partial charge on any atom is -0.469 e. The van der Waals surface area contributed by atoms with Gasteiger partial charge in [0.2, 0.25) is 0 Å². The molecule has 1 unspecified atom stereocenters. The monoisotopic (exact) mass is 318 g/mol. The molecule has 0 saturated heterocycles. The Morgan fingerprint density at radius 2 is 2.20 bits per heavy atom. The van der Waals surface area contributed by atoms with E-state index in [9.17, 15) is 13.4 Å². The lowest BCUT2D eigenvalue weighted by Crippen LogP contribution is -2.18. The van der Waals surface area contributed by atoms with Crippen LogP contribution in [0.1, 0.15) is 24.8 Å². The molecule has 0 radical (unpaired) electrons. The van der Waals surface area contributed by atoms with Crippen LogP contribution in [-0.4, -0.2) is 23.0 Å². The zero-order chi connectivity index (χ0) is 14.8. The predicted octanol–water partition coefficient (Wildman–Crippen LogP) is 3.07. The van der Waals surface area contributed by atoms with Gasteiger partial charge in [-0.05, 0) is 30.4 Å². The van der Waals surface area contributed by atoms with Gasteiger partial charge in [0.1, 0.15) is 5.82 Å². The maximum Gasteiger partial charge on any atom is 0.306 e. The number of methoxy groups -OCH3 is 1. The van der Waals surface area contributed by atoms with E-state index in [1.165, 1.54) is 13.2 Å². The number of hydrogen-bond donors (Lipinski definition) is 0. The highest BCUT2D eigenvalue weighted by atomic mass is 35.5. The summed E-state index contributed by atoms with van der Waals surface area (Å²) in [5.41, 5.74) is 0.183. The van der Waals surface area contributed by atoms with Gasteiger partial charge in [0.25, 0.3) is 0 Å². The molecule has 0 aliphatic heterocycles. The van der Waals surface area contributed by atoms with Crippen LogP contribution in [0.5, 0.6) is 0 Å². The van der Waals surface area contributed by atoms with E-state index in [-0.39, 0.29) is 17.1 Å². The first-order chi connectivity index (χ1) is 9.44. The van der Waals surface area contributed by atoms with E-state index in [2.05, 4.69) is 4.74 Å². The molecule has 0 heterocycles. The zero-order valence-electron chi connectivity index (χ0n) is 11.2. The molecule has 1 fully saturated rings. The lowest BCUT2D eigenvalue weighted by atomic mass is 10.1. The summed E-state index contributed by atoms with van der Waals surface area (Å²) in [5, 5.41) is 0.321. The van der Waals surface area contributed by atoms with Crippen LogP contribution in [0.15, 0.2) is 18.2 Å². The fraction of sp³-hybridized carbons (Fsp3) is 0.500. The summed E-state index contributed by atoms with van der Waals surface area (Å²) in [4.78, 5) is 11.3. The molecule has 110 valence electrons. The number of hydrogen-bond acceptors (Lipinski definition) is 3. The minimum atomic E-state index is -1.20. The van der Waals surface area contributed by atoms with Gasteiger partial charge in [0.15, 0.2) is 0 Å². The molecule has 0 spiro atoms. The second kappa shape index (κ2) is 6.22. The summed E-state index contributed by atoms with van der Waals surface area (Å²) in [6.07, 6.45) is 2.03. The van der Waals surface area contributed by atoms with E-state index < -0.39 is 16.6 Å². The summed E-state index contributed by atoms with van der Waals surface area (Å²) < 4.78 is 30.4. The third-order valence-corrected chi connectivity index (χ3v) is 5.31. The molecule has 3 nitrogen and oxygen atoms in total. The Bertz CT molecular complexity index is 543. The Morgan fingerprint density at radius 1 is 1.50 bits per heavy atom. The van der Waals surface area contributed by atoms with Crippen LogP contribution in [0.2, 0.25) is 5.02 Å². The Hall–Kier alpha value is -0.940. The van der Waals surface area contributed by atoms with Crippen molar-refractivity contribution in [1.82, 2.24) is 0 Å². The van der Waals surface area contributed by atoms with Gasteiger partial charge in [-0.3, -0.25) is 9.00 Å². The van der Waals surface area contributed by atoms with E-state index in [1.54, 1.807) is 12.1 Å². The van der Waals surface area contributed by atoms with E-state index >= 15 is 0 Å². The minimum absolute atomic E-state index is 0.145. The van der Waals surface area contributed by atoms with Gasteiger partial charge in [-0.25, -0.2) is 4.39 Å². The van der Waals surface area contributed by atoms with Gasteiger partial charge in [-0.15, -0.1) is 0 Å². The van der Waals surface area contributed by atoms with Crippen LogP contribution in [0, 0.1) is 11.2 Å². The molecular formula is C14H16ClFO3S. The van der Waals surface area contributed by atoms with Crippen molar-refractivity contribution in [2.45, 2.75) is 25.0 Å². The maximum absolute atomic E-state index is 13.6. The number of carbonyl (C=O) groups excluding carboxylic acids is 1. The summed E-state index contributed by atoms with van der Waals surface area (Å²) in [6.45, 7) is 0. The number of carbonyl (C=O) groups is 1. The SMILES string of the molecule is COC(=O)CC1(CS(=O)Cc2ccc(Cl)cc2F)CC1. The van der Waals surface area contributed by atoms with Crippen LogP contribution in [0.25, 0.3) is 0 Å². The predicted molar refractivity (Wildman–Crippen MR) is 76.4 cm³/mol. The zero-order valence-corrected chi connectivity index (χ0v) is 12.7. The Balaban J connectivity index is 1.94. The fourth-order valence-electron chi connectivity index (χ4n) is 2.13. The Labute approximate surface area is 124 Å². The molecular weight excluding hydrogens is 303 g/mol. The highest BCUT2D eigenvalue weighted by Crippen LogP contribution is 2.49. The highest BCUT2D eigenvalue weighted by Gasteiger charge is 2.45. The largest absolute Gasteiger partial charge is 0.469 e. The summed E-state index contributed by atoms with van der Waals surface area (Å²) in [6, 6.07) is 4.35. The van der Waals surface area contributed by atoms with Crippen molar-refractivity contribution < 1.29 is 18.1 Å². The van der Waals surface area contributed by atoms with Crippen molar-refractivity contribution in [3.8, 4) is 0 Å². The molecule has 1 aromatic carbocycles. The van der Waals surface area contributed by atoms with E-state index in [0.717, 1.165) is 12.8 Å². The van der Waals surface area contributed by atoms with Crippen molar-refractivity contribution in [2.24, 2.45) is 5.41 Å². The lowest BCUT2D eigenvalue weighted by molar-refractivity contribution is -0.141. The van der Waals surface area contributed by atoms with Crippen molar-refractivity contribution in [3.05, 3.63) is 34.6 Å². The van der Waals surface area contributed by atoms with Gasteiger partial charge < -0.3 is 4.74 Å². The van der Waals surface area contributed by atoms with Crippen molar-refractivity contribution in [1.29, 1.82) is 0 Å². The molecule has 20 heavy (non-hydrogen) atoms. The van der Waals surface area contributed by atoms with Gasteiger partial charge in [0.05, 0.1) is 19.3 Å². The smallest absolute Gasteiger partial charge is 0.306 e. The van der Waals surface area contributed by atoms with Gasteiger partial charge in [-0.2, -0.15) is 0 Å². The molecule has 1 saturated carbocycles. The normalized spacial score (nSPS) is 17.6. The molecule has 0 bridgehead atoms. The molecule has 1 aromatic rings. The summed E-state index contributed by atoms with van der Waals surface area (Å²) >= 11 is 5.68. The van der Waals surface area contributed by atoms with E-state index in [4.69, 9.17) is 11.6 Å². The highest BCUT2D eigenvalue weighted by molar-refractivity contribution is 7.84. The average molecular weight is 319 g/mol. The summed E-state index contributed by atoms with van der Waals surface area (Å²) in [7, 11) is 0.142. The molecule has 6 heteroatoms. The Kier molecular flexibility index (Phi) is 4.81. The number of halogens is 2. The van der Waals surface area contributed by atoms with Crippen molar-refractivity contribution in [2.75, 3.05) is 12.9 Å². The van der Waals surface area contributed by atoms with Crippen LogP contribution in [0.3, 0.4) is 0 Å². The molecule has 1 aliphatic rings. The standard InChI is InChI=1S/C14H16ClFO3S/c1-19-13(17)7-14(4-5-14)9-20(18)8-10-2-3-11(15)6-12(10)16/h2-3,6H,4-5,7-9H2,1H3. The molecule has 2 rings (SSSR count). The van der Waals surface area contributed by atoms with Crippen molar-refractivity contribution in [3.63, 3.8) is 0 Å². The first kappa shape index (κ1) is 15.4. The summed E-state index contributed by atoms with van der Waals surface area (Å²) in [5.74, 6) is -0.170. The first-order valence-corrected chi connectivity index (χ1v) is 8.16. The number of rotatable bonds is 6. The molecule has 1 atom stereocenters. The van der Waals surface area contributed by atoms with Crippen LogP contribution in [0.4, 0.5) is 4.39 Å². The van der Waals surface area contributed by atoms with Gasteiger partial charge in [-0.1, -0.05) is 17.7 Å². The van der Waals surface area contributed by atoms with Crippen LogP contribution in [-0.2, 0) is 26.1 Å². The van der Waals surface area contributed by atoms with E-state index in [0.29, 0.717) is 22.8 Å². The maximum atomic E-state index is 13.6. The molecule has 0 N–H and O–H groups in total. The third-order valence-electron chi connectivity index (χ3n) is 3.50. The topological polar surface area (TPSA) is 43.4 Å². The van der Waals surface area contributed by atoms with Gasteiger partial charge >= 0.3 is 5.97 Å². The second-order valence-corrected chi connectivity index (χ2v) is 7.11. The first-order valence-electron chi connectivity index (χ1n) is 6.30. The second-order valence-electron chi connectivity index (χ2n) is 5.22. The lowest BCUT2D eigenvalue weighted by Gasteiger charge is -2.13. The quantitative estimate of drug-likeness (QED) is 0.757. The number of esters is 1. The van der Waals surface area contributed by atoms with Crippen LogP contribution < -0.4 is 0 Å². The molecule has 0 amide bonds. The van der Waals surface area contributed by atoms with E-state index in [1.807, 2.05) is 0 Å². The number of benzene rings is 1.